The average Bonchev–Trinajstić information content (AvgIpc) is 2.54. The van der Waals surface area contributed by atoms with E-state index < -0.39 is 0 Å². The lowest BCUT2D eigenvalue weighted by Crippen LogP contribution is -2.16. The van der Waals surface area contributed by atoms with Crippen LogP contribution in [0.5, 0.6) is 0 Å². The molecule has 0 saturated carbocycles. The van der Waals surface area contributed by atoms with Gasteiger partial charge in [-0.3, -0.25) is 0 Å². The maximum absolute atomic E-state index is 8.86. The second-order valence-corrected chi connectivity index (χ2v) is 4.57. The Morgan fingerprint density at radius 1 is 1.53 bits per heavy atom. The molecule has 0 aliphatic rings. The van der Waals surface area contributed by atoms with Crippen molar-refractivity contribution in [3.05, 3.63) is 5.69 Å². The van der Waals surface area contributed by atoms with E-state index in [1.165, 1.54) is 0 Å². The van der Waals surface area contributed by atoms with Crippen LogP contribution in [0.4, 0.5) is 11.5 Å². The fourth-order valence-corrected chi connectivity index (χ4v) is 1.75. The summed E-state index contributed by atoms with van der Waals surface area (Å²) in [4.78, 5) is 0. The van der Waals surface area contributed by atoms with Gasteiger partial charge in [-0.15, -0.1) is 0 Å². The average molecular weight is 240 g/mol. The molecule has 1 unspecified atom stereocenters. The molecule has 1 rings (SSSR count). The molecule has 4 N–H and O–H groups in total. The quantitative estimate of drug-likeness (QED) is 0.677. The second-order valence-electron chi connectivity index (χ2n) is 4.57. The van der Waals surface area contributed by atoms with Crippen LogP contribution < -0.4 is 11.1 Å². The van der Waals surface area contributed by atoms with Gasteiger partial charge in [-0.25, -0.2) is 4.68 Å². The molecule has 1 heterocycles. The lowest BCUT2D eigenvalue weighted by Gasteiger charge is -2.14. The van der Waals surface area contributed by atoms with Crippen molar-refractivity contribution in [3.63, 3.8) is 0 Å². The van der Waals surface area contributed by atoms with Crippen LogP contribution in [0.15, 0.2) is 0 Å². The highest BCUT2D eigenvalue weighted by Gasteiger charge is 2.12. The number of nitrogens with two attached hydrogens (primary N) is 1. The number of rotatable bonds is 7. The molecule has 1 aromatic heterocycles. The van der Waals surface area contributed by atoms with Crippen molar-refractivity contribution in [2.45, 2.75) is 40.2 Å². The van der Waals surface area contributed by atoms with E-state index in [0.29, 0.717) is 5.92 Å². The molecule has 0 bridgehead atoms. The zero-order valence-corrected chi connectivity index (χ0v) is 11.0. The number of aliphatic hydroxyl groups excluding tert-OH is 1. The first-order valence-electron chi connectivity index (χ1n) is 6.27. The SMILES string of the molecule is CCCn1nc(C)c(N)c1NCC(C)CCO. The third-order valence-electron chi connectivity index (χ3n) is 2.85. The minimum absolute atomic E-state index is 0.228. The monoisotopic (exact) mass is 240 g/mol. The summed E-state index contributed by atoms with van der Waals surface area (Å²) in [6, 6.07) is 0. The van der Waals surface area contributed by atoms with Crippen molar-refractivity contribution in [1.82, 2.24) is 9.78 Å². The fraction of sp³-hybridized carbons (Fsp3) is 0.750. The number of aliphatic hydroxyl groups is 1. The van der Waals surface area contributed by atoms with Gasteiger partial charge in [0.05, 0.1) is 11.4 Å². The van der Waals surface area contributed by atoms with Crippen molar-refractivity contribution < 1.29 is 5.11 Å². The number of hydrogen-bond donors (Lipinski definition) is 3. The van der Waals surface area contributed by atoms with Gasteiger partial charge < -0.3 is 16.2 Å². The van der Waals surface area contributed by atoms with E-state index in [2.05, 4.69) is 24.3 Å². The molecule has 0 spiro atoms. The Bertz CT molecular complexity index is 349. The number of hydrogen-bond acceptors (Lipinski definition) is 4. The minimum Gasteiger partial charge on any atom is -0.396 e. The van der Waals surface area contributed by atoms with Crippen LogP contribution >= 0.6 is 0 Å². The van der Waals surface area contributed by atoms with Gasteiger partial charge >= 0.3 is 0 Å². The number of nitrogens with zero attached hydrogens (tertiary/aromatic N) is 2. The number of anilines is 2. The van der Waals surface area contributed by atoms with Crippen molar-refractivity contribution in [2.24, 2.45) is 5.92 Å². The van der Waals surface area contributed by atoms with E-state index in [9.17, 15) is 0 Å². The standard InChI is InChI=1S/C12H24N4O/c1-4-6-16-12(11(13)10(3)15-16)14-8-9(2)5-7-17/h9,14,17H,4-8,13H2,1-3H3. The van der Waals surface area contributed by atoms with E-state index in [-0.39, 0.29) is 6.61 Å². The first-order valence-corrected chi connectivity index (χ1v) is 6.27. The Labute approximate surface area is 103 Å². The van der Waals surface area contributed by atoms with Crippen molar-refractivity contribution in [1.29, 1.82) is 0 Å². The van der Waals surface area contributed by atoms with Crippen LogP contribution in [0.1, 0.15) is 32.4 Å². The van der Waals surface area contributed by atoms with Gasteiger partial charge in [0.15, 0.2) is 0 Å². The van der Waals surface area contributed by atoms with E-state index in [4.69, 9.17) is 10.8 Å². The first-order chi connectivity index (χ1) is 8.10. The smallest absolute Gasteiger partial charge is 0.148 e. The normalized spacial score (nSPS) is 12.7. The highest BCUT2D eigenvalue weighted by atomic mass is 16.3. The van der Waals surface area contributed by atoms with Crippen LogP contribution in [0.3, 0.4) is 0 Å². The molecule has 0 fully saturated rings. The number of nitrogens with one attached hydrogen (secondary N) is 1. The molecule has 5 nitrogen and oxygen atoms in total. The van der Waals surface area contributed by atoms with Crippen LogP contribution in [0.25, 0.3) is 0 Å². The molecule has 0 saturated heterocycles. The lowest BCUT2D eigenvalue weighted by molar-refractivity contribution is 0.265. The predicted octanol–water partition coefficient (Wildman–Crippen LogP) is 1.61. The number of nitrogen functional groups attached to an aromatic ring is 1. The summed E-state index contributed by atoms with van der Waals surface area (Å²) < 4.78 is 1.93. The summed E-state index contributed by atoms with van der Waals surface area (Å²) in [5, 5.41) is 16.6. The summed E-state index contributed by atoms with van der Waals surface area (Å²) in [5.41, 5.74) is 7.60. The molecule has 5 heteroatoms. The van der Waals surface area contributed by atoms with Crippen molar-refractivity contribution in [2.75, 3.05) is 24.2 Å². The highest BCUT2D eigenvalue weighted by molar-refractivity contribution is 5.64. The van der Waals surface area contributed by atoms with Gasteiger partial charge in [0.2, 0.25) is 0 Å². The number of aromatic nitrogens is 2. The van der Waals surface area contributed by atoms with Crippen LogP contribution in [-0.2, 0) is 6.54 Å². The fourth-order valence-electron chi connectivity index (χ4n) is 1.75. The Morgan fingerprint density at radius 3 is 2.82 bits per heavy atom. The number of aryl methyl sites for hydroxylation is 2. The van der Waals surface area contributed by atoms with Gasteiger partial charge in [-0.05, 0) is 25.7 Å². The van der Waals surface area contributed by atoms with Gasteiger partial charge in [-0.1, -0.05) is 13.8 Å². The van der Waals surface area contributed by atoms with E-state index in [1.807, 2.05) is 11.6 Å². The topological polar surface area (TPSA) is 76.1 Å². The largest absolute Gasteiger partial charge is 0.396 e. The third-order valence-corrected chi connectivity index (χ3v) is 2.85. The van der Waals surface area contributed by atoms with Gasteiger partial charge in [0.1, 0.15) is 5.82 Å². The maximum Gasteiger partial charge on any atom is 0.148 e. The lowest BCUT2D eigenvalue weighted by atomic mass is 10.1. The molecular formula is C12H24N4O. The van der Waals surface area contributed by atoms with Crippen molar-refractivity contribution >= 4 is 11.5 Å². The minimum atomic E-state index is 0.228. The van der Waals surface area contributed by atoms with Crippen LogP contribution in [0.2, 0.25) is 0 Å². The molecule has 1 aromatic rings. The Kier molecular flexibility index (Phi) is 5.28. The van der Waals surface area contributed by atoms with Gasteiger partial charge in [-0.2, -0.15) is 5.10 Å². The predicted molar refractivity (Wildman–Crippen MR) is 71.0 cm³/mol. The van der Waals surface area contributed by atoms with Gasteiger partial charge in [0, 0.05) is 19.7 Å². The Balaban J connectivity index is 2.68. The summed E-state index contributed by atoms with van der Waals surface area (Å²) in [6.45, 7) is 8.04. The zero-order valence-electron chi connectivity index (χ0n) is 11.0. The van der Waals surface area contributed by atoms with Gasteiger partial charge in [0.25, 0.3) is 0 Å². The molecule has 0 radical (unpaired) electrons. The molecule has 0 aliphatic carbocycles. The highest BCUT2D eigenvalue weighted by Crippen LogP contribution is 2.22. The van der Waals surface area contributed by atoms with Crippen LogP contribution in [0, 0.1) is 12.8 Å². The van der Waals surface area contributed by atoms with Crippen LogP contribution in [-0.4, -0.2) is 28.0 Å². The van der Waals surface area contributed by atoms with Crippen molar-refractivity contribution in [3.8, 4) is 0 Å². The summed E-state index contributed by atoms with van der Waals surface area (Å²) in [6.07, 6.45) is 1.83. The Hall–Kier alpha value is -1.23. The Morgan fingerprint density at radius 2 is 2.24 bits per heavy atom. The van der Waals surface area contributed by atoms with E-state index in [1.54, 1.807) is 0 Å². The molecule has 98 valence electrons. The first kappa shape index (κ1) is 13.8. The molecule has 0 amide bonds. The molecule has 0 aliphatic heterocycles. The third kappa shape index (κ3) is 3.63. The zero-order chi connectivity index (χ0) is 12.8. The molecule has 1 atom stereocenters. The molecular weight excluding hydrogens is 216 g/mol. The summed E-state index contributed by atoms with van der Waals surface area (Å²) >= 11 is 0. The molecule has 17 heavy (non-hydrogen) atoms. The second kappa shape index (κ2) is 6.49. The summed E-state index contributed by atoms with van der Waals surface area (Å²) in [5.74, 6) is 1.33. The van der Waals surface area contributed by atoms with E-state index >= 15 is 0 Å². The maximum atomic E-state index is 8.86. The van der Waals surface area contributed by atoms with E-state index in [0.717, 1.165) is 43.1 Å². The molecule has 0 aromatic carbocycles. The summed E-state index contributed by atoms with van der Waals surface area (Å²) in [7, 11) is 0.